The molecule has 0 unspecified atom stereocenters. The zero-order valence-corrected chi connectivity index (χ0v) is 11.5. The van der Waals surface area contributed by atoms with E-state index in [0.717, 1.165) is 11.3 Å². The summed E-state index contributed by atoms with van der Waals surface area (Å²) in [6.45, 7) is 3.70. The van der Waals surface area contributed by atoms with Gasteiger partial charge in [-0.05, 0) is 25.5 Å². The zero-order valence-electron chi connectivity index (χ0n) is 11.5. The van der Waals surface area contributed by atoms with Gasteiger partial charge in [0.25, 0.3) is 0 Å². The van der Waals surface area contributed by atoms with Crippen molar-refractivity contribution < 1.29 is 9.90 Å². The van der Waals surface area contributed by atoms with Crippen LogP contribution in [0, 0.1) is 13.8 Å². The molecule has 2 aromatic rings. The van der Waals surface area contributed by atoms with E-state index in [1.54, 1.807) is 18.7 Å². The quantitative estimate of drug-likeness (QED) is 0.920. The van der Waals surface area contributed by atoms with Gasteiger partial charge in [0.2, 0.25) is 0 Å². The van der Waals surface area contributed by atoms with Crippen LogP contribution in [0.25, 0.3) is 0 Å². The molecule has 0 atom stereocenters. The Hall–Kier alpha value is -2.30. The van der Waals surface area contributed by atoms with Gasteiger partial charge in [-0.15, -0.1) is 0 Å². The topological polar surface area (TPSA) is 58.4 Å². The summed E-state index contributed by atoms with van der Waals surface area (Å²) in [4.78, 5) is 13.3. The molecule has 1 N–H and O–H groups in total. The summed E-state index contributed by atoms with van der Waals surface area (Å²) in [7, 11) is 3.61. The molecule has 2 rings (SSSR count). The molecule has 0 radical (unpaired) electrons. The van der Waals surface area contributed by atoms with Crippen molar-refractivity contribution in [3.63, 3.8) is 0 Å². The Morgan fingerprint density at radius 2 is 1.95 bits per heavy atom. The molecule has 0 fully saturated rings. The maximum absolute atomic E-state index is 11.4. The Morgan fingerprint density at radius 3 is 2.53 bits per heavy atom. The van der Waals surface area contributed by atoms with Crippen molar-refractivity contribution in [2.75, 3.05) is 11.9 Å². The molecule has 0 spiro atoms. The van der Waals surface area contributed by atoms with Gasteiger partial charge >= 0.3 is 5.97 Å². The number of carboxylic acid groups (broad SMARTS) is 1. The van der Waals surface area contributed by atoms with Crippen molar-refractivity contribution in [2.45, 2.75) is 13.8 Å². The first-order valence-electron chi connectivity index (χ1n) is 5.99. The van der Waals surface area contributed by atoms with Crippen molar-refractivity contribution in [1.82, 2.24) is 9.78 Å². The molecule has 1 aromatic carbocycles. The number of hydrogen-bond donors (Lipinski definition) is 1. The van der Waals surface area contributed by atoms with Crippen LogP contribution in [0.5, 0.6) is 0 Å². The highest BCUT2D eigenvalue weighted by atomic mass is 16.4. The van der Waals surface area contributed by atoms with Crippen molar-refractivity contribution in [3.05, 3.63) is 41.1 Å². The normalized spacial score (nSPS) is 10.5. The van der Waals surface area contributed by atoms with Gasteiger partial charge in [0.05, 0.1) is 5.69 Å². The fourth-order valence-corrected chi connectivity index (χ4v) is 2.33. The van der Waals surface area contributed by atoms with Gasteiger partial charge in [0.1, 0.15) is 11.4 Å². The van der Waals surface area contributed by atoms with Gasteiger partial charge < -0.3 is 10.0 Å². The Bertz CT molecular complexity index is 632. The molecular weight excluding hydrogens is 242 g/mol. The molecule has 19 heavy (non-hydrogen) atoms. The van der Waals surface area contributed by atoms with Crippen molar-refractivity contribution >= 4 is 17.5 Å². The monoisotopic (exact) mass is 259 g/mol. The van der Waals surface area contributed by atoms with Crippen LogP contribution in [-0.4, -0.2) is 27.9 Å². The molecule has 5 heteroatoms. The van der Waals surface area contributed by atoms with E-state index in [2.05, 4.69) is 5.10 Å². The lowest BCUT2D eigenvalue weighted by Gasteiger charge is -2.22. The smallest absolute Gasteiger partial charge is 0.341 e. The molecule has 1 aromatic heterocycles. The number of hydrogen-bond acceptors (Lipinski definition) is 3. The summed E-state index contributed by atoms with van der Waals surface area (Å²) in [6, 6.07) is 7.85. The van der Waals surface area contributed by atoms with E-state index in [0.29, 0.717) is 11.5 Å². The number of aromatic carboxylic acids is 1. The molecule has 0 aliphatic heterocycles. The number of para-hydroxylation sites is 1. The van der Waals surface area contributed by atoms with Crippen LogP contribution in [-0.2, 0) is 7.05 Å². The third-order valence-electron chi connectivity index (χ3n) is 3.20. The van der Waals surface area contributed by atoms with Gasteiger partial charge in [-0.25, -0.2) is 4.79 Å². The fraction of sp³-hybridized carbons (Fsp3) is 0.286. The van der Waals surface area contributed by atoms with Crippen molar-refractivity contribution in [3.8, 4) is 0 Å². The maximum atomic E-state index is 11.4. The van der Waals surface area contributed by atoms with E-state index >= 15 is 0 Å². The van der Waals surface area contributed by atoms with Crippen LogP contribution < -0.4 is 4.90 Å². The summed E-state index contributed by atoms with van der Waals surface area (Å²) >= 11 is 0. The van der Waals surface area contributed by atoms with Gasteiger partial charge in [-0.1, -0.05) is 18.2 Å². The number of anilines is 2. The van der Waals surface area contributed by atoms with E-state index in [4.69, 9.17) is 0 Å². The molecule has 5 nitrogen and oxygen atoms in total. The molecule has 0 saturated carbocycles. The highest BCUT2D eigenvalue weighted by molar-refractivity contribution is 5.96. The van der Waals surface area contributed by atoms with E-state index in [1.165, 1.54) is 0 Å². The summed E-state index contributed by atoms with van der Waals surface area (Å²) in [5, 5.41) is 13.5. The average molecular weight is 259 g/mol. The Balaban J connectivity index is 2.59. The lowest BCUT2D eigenvalue weighted by Crippen LogP contribution is -2.17. The van der Waals surface area contributed by atoms with E-state index in [1.807, 2.05) is 43.1 Å². The SMILES string of the molecule is Cc1ccccc1N(C)c1c(C(=O)O)c(C)nn1C. The number of rotatable bonds is 3. The molecule has 0 bridgehead atoms. The Labute approximate surface area is 112 Å². The molecule has 0 aliphatic carbocycles. The molecule has 0 amide bonds. The van der Waals surface area contributed by atoms with Crippen LogP contribution in [0.2, 0.25) is 0 Å². The predicted molar refractivity (Wildman–Crippen MR) is 74.1 cm³/mol. The number of benzene rings is 1. The number of carboxylic acids is 1. The standard InChI is InChI=1S/C14H17N3O2/c1-9-7-5-6-8-11(9)16(3)13-12(14(18)19)10(2)15-17(13)4/h5-8H,1-4H3,(H,18,19). The lowest BCUT2D eigenvalue weighted by atomic mass is 10.1. The average Bonchev–Trinajstić information content (AvgIpc) is 2.64. The highest BCUT2D eigenvalue weighted by Gasteiger charge is 2.23. The van der Waals surface area contributed by atoms with E-state index in [-0.39, 0.29) is 5.56 Å². The van der Waals surface area contributed by atoms with E-state index < -0.39 is 5.97 Å². The van der Waals surface area contributed by atoms with Gasteiger partial charge in [0, 0.05) is 19.8 Å². The predicted octanol–water partition coefficient (Wildman–Crippen LogP) is 2.50. The fourth-order valence-electron chi connectivity index (χ4n) is 2.33. The van der Waals surface area contributed by atoms with Crippen molar-refractivity contribution in [2.24, 2.45) is 7.05 Å². The largest absolute Gasteiger partial charge is 0.477 e. The van der Waals surface area contributed by atoms with Gasteiger partial charge in [0.15, 0.2) is 0 Å². The second-order valence-corrected chi connectivity index (χ2v) is 4.56. The van der Waals surface area contributed by atoms with E-state index in [9.17, 15) is 9.90 Å². The molecule has 100 valence electrons. The number of aryl methyl sites for hydroxylation is 3. The van der Waals surface area contributed by atoms with Crippen molar-refractivity contribution in [1.29, 1.82) is 0 Å². The molecular formula is C14H17N3O2. The number of nitrogens with zero attached hydrogens (tertiary/aromatic N) is 3. The van der Waals surface area contributed by atoms with Crippen LogP contribution >= 0.6 is 0 Å². The van der Waals surface area contributed by atoms with Crippen LogP contribution in [0.1, 0.15) is 21.6 Å². The first-order chi connectivity index (χ1) is 8.93. The first-order valence-corrected chi connectivity index (χ1v) is 5.99. The van der Waals surface area contributed by atoms with Crippen LogP contribution in [0.15, 0.2) is 24.3 Å². The minimum atomic E-state index is -0.957. The minimum absolute atomic E-state index is 0.244. The minimum Gasteiger partial charge on any atom is -0.477 e. The number of aromatic nitrogens is 2. The number of carbonyl (C=O) groups is 1. The third kappa shape index (κ3) is 2.19. The lowest BCUT2D eigenvalue weighted by molar-refractivity contribution is 0.0697. The van der Waals surface area contributed by atoms with Crippen LogP contribution in [0.4, 0.5) is 11.5 Å². The summed E-state index contributed by atoms with van der Waals surface area (Å²) in [6.07, 6.45) is 0. The molecule has 1 heterocycles. The maximum Gasteiger partial charge on any atom is 0.341 e. The second-order valence-electron chi connectivity index (χ2n) is 4.56. The Morgan fingerprint density at radius 1 is 1.32 bits per heavy atom. The second kappa shape index (κ2) is 4.76. The molecule has 0 saturated heterocycles. The highest BCUT2D eigenvalue weighted by Crippen LogP contribution is 2.30. The van der Waals surface area contributed by atoms with Gasteiger partial charge in [-0.2, -0.15) is 5.10 Å². The van der Waals surface area contributed by atoms with Crippen LogP contribution in [0.3, 0.4) is 0 Å². The molecule has 0 aliphatic rings. The summed E-state index contributed by atoms with van der Waals surface area (Å²) < 4.78 is 1.60. The van der Waals surface area contributed by atoms with Gasteiger partial charge in [-0.3, -0.25) is 4.68 Å². The zero-order chi connectivity index (χ0) is 14.2. The first kappa shape index (κ1) is 13.1. The Kier molecular flexibility index (Phi) is 3.29. The summed E-state index contributed by atoms with van der Waals surface area (Å²) in [5.74, 6) is -0.375. The third-order valence-corrected chi connectivity index (χ3v) is 3.20. The summed E-state index contributed by atoms with van der Waals surface area (Å²) in [5.41, 5.74) is 2.81.